The fourth-order valence-corrected chi connectivity index (χ4v) is 9.34. The highest BCUT2D eigenvalue weighted by molar-refractivity contribution is 8.00. The number of alkyl halides is 3. The number of pyridine rings is 1. The van der Waals surface area contributed by atoms with Crippen molar-refractivity contribution in [2.75, 3.05) is 31.9 Å². The Morgan fingerprint density at radius 3 is 2.41 bits per heavy atom. The number of hydrogen-bond donors (Lipinski definition) is 3. The van der Waals surface area contributed by atoms with E-state index >= 15 is 0 Å². The van der Waals surface area contributed by atoms with E-state index in [0.717, 1.165) is 53.5 Å². The summed E-state index contributed by atoms with van der Waals surface area (Å²) in [4.78, 5) is 66.0. The van der Waals surface area contributed by atoms with Crippen molar-refractivity contribution in [2.24, 2.45) is 4.99 Å². The topological polar surface area (TPSA) is 248 Å². The molecule has 4 heterocycles. The number of carbonyl (C=O) groups is 3. The summed E-state index contributed by atoms with van der Waals surface area (Å²) in [6, 6.07) is 13.3. The molecule has 2 amide bonds. The van der Waals surface area contributed by atoms with E-state index in [-0.39, 0.29) is 44.7 Å². The number of fused-ring (bicyclic) bond motifs is 2. The number of thioether (sulfide) groups is 1. The van der Waals surface area contributed by atoms with Gasteiger partial charge in [0.25, 0.3) is 10.0 Å². The number of halogens is 6. The molecule has 0 saturated heterocycles. The predicted octanol–water partition coefficient (Wildman–Crippen LogP) is 7.34. The third-order valence-corrected chi connectivity index (χ3v) is 13.1. The minimum absolute atomic E-state index is 0.0605. The molecule has 0 saturated carbocycles. The van der Waals surface area contributed by atoms with Gasteiger partial charge in [-0.25, -0.2) is 36.8 Å². The van der Waals surface area contributed by atoms with Gasteiger partial charge in [-0.2, -0.15) is 28.1 Å². The maximum atomic E-state index is 14.3. The van der Waals surface area contributed by atoms with Crippen LogP contribution in [0.5, 0.6) is 11.8 Å². The number of carbonyl (C=O) groups excluding carboxylic acids is 2. The van der Waals surface area contributed by atoms with Crippen molar-refractivity contribution in [3.63, 3.8) is 0 Å². The standard InChI is InChI=1S/C15H15ClFN3O3S2.C15H16F3N5O4S.C11H8ClNO3/c1-23-13(21)8-24-12-7-11(10(17)6-9(12)16)18-14-19-4-2-3-5-20(19)15(22)25-14;1-9-19-12(22-14(20-9)27-2)21-13(24)23-28(25,26)11-6-4-3-5-10(11)7-8-15(16,17)18;12-8-3-4-9(16-6-10(14)15)11-7(8)2-1-5-13-11/h6-7H,2-5,8H2,1H3;3-6H,7-8H2,1-2H3,(H2,19,20,21,22,23,24);1-5H,6H2,(H,14,15)/b18-14-;;. The molecular formula is C41H39Cl2F4N9O10S3. The molecule has 1 aliphatic heterocycles. The Morgan fingerprint density at radius 1 is 0.986 bits per heavy atom. The predicted molar refractivity (Wildman–Crippen MR) is 246 cm³/mol. The number of nitrogens with zero attached hydrogens (tertiary/aromatic N) is 7. The Morgan fingerprint density at radius 2 is 1.71 bits per heavy atom. The summed E-state index contributed by atoms with van der Waals surface area (Å²) in [7, 11) is -1.85. The number of nitrogens with one attached hydrogen (secondary N) is 2. The van der Waals surface area contributed by atoms with Crippen LogP contribution < -0.4 is 29.2 Å². The third kappa shape index (κ3) is 15.6. The molecule has 0 aliphatic carbocycles. The molecule has 3 N–H and O–H groups in total. The molecule has 0 radical (unpaired) electrons. The van der Waals surface area contributed by atoms with Crippen molar-refractivity contribution >= 4 is 96.8 Å². The number of aromatic nitrogens is 6. The van der Waals surface area contributed by atoms with Gasteiger partial charge in [-0.1, -0.05) is 41.4 Å². The van der Waals surface area contributed by atoms with Gasteiger partial charge in [-0.05, 0) is 85.6 Å². The summed E-state index contributed by atoms with van der Waals surface area (Å²) in [5.74, 6) is -1.58. The van der Waals surface area contributed by atoms with Crippen molar-refractivity contribution < 1.29 is 59.7 Å². The van der Waals surface area contributed by atoms with Crippen LogP contribution in [-0.2, 0) is 43.9 Å². The van der Waals surface area contributed by atoms with Crippen LogP contribution in [0.25, 0.3) is 10.9 Å². The fraction of sp³-hybridized carbons (Fsp3) is 0.293. The lowest BCUT2D eigenvalue weighted by atomic mass is 10.1. The second kappa shape index (κ2) is 24.3. The third-order valence-electron chi connectivity index (χ3n) is 9.01. The molecular weight excluding hydrogens is 1020 g/mol. The lowest BCUT2D eigenvalue weighted by Crippen LogP contribution is -2.35. The van der Waals surface area contributed by atoms with Gasteiger partial charge in [0.05, 0.1) is 34.9 Å². The first-order valence-electron chi connectivity index (χ1n) is 19.8. The number of methoxy groups -OCH3 is 2. The number of urea groups is 1. The summed E-state index contributed by atoms with van der Waals surface area (Å²) in [6.45, 7) is 2.43. The number of esters is 1. The number of sulfonamides is 1. The van der Waals surface area contributed by atoms with Crippen LogP contribution in [0.4, 0.5) is 34.0 Å². The first-order valence-corrected chi connectivity index (χ1v) is 23.9. The number of carboxylic acid groups (broad SMARTS) is 1. The van der Waals surface area contributed by atoms with E-state index < -0.39 is 64.3 Å². The SMILES string of the molecule is COC(=O)CSc1cc(/N=c2\sc(=O)n3n2CCCC3)c(F)cc1Cl.COc1nc(C)nc(NC(=O)NS(=O)(=O)c2ccccc2CCC(F)(F)F)n1.O=C(O)COc1ccc(Cl)c2cccnc12. The highest BCUT2D eigenvalue weighted by atomic mass is 35.5. The number of ether oxygens (including phenoxy) is 3. The molecule has 368 valence electrons. The minimum Gasteiger partial charge on any atom is -0.480 e. The van der Waals surface area contributed by atoms with Crippen LogP contribution in [-0.4, -0.2) is 93.5 Å². The second-order valence-corrected chi connectivity index (χ2v) is 18.3. The van der Waals surface area contributed by atoms with Crippen molar-refractivity contribution in [1.82, 2.24) is 34.0 Å². The van der Waals surface area contributed by atoms with E-state index in [0.29, 0.717) is 39.1 Å². The lowest BCUT2D eigenvalue weighted by molar-refractivity contribution is -0.139. The molecule has 0 unspecified atom stereocenters. The van der Waals surface area contributed by atoms with E-state index in [1.165, 1.54) is 45.4 Å². The van der Waals surface area contributed by atoms with E-state index in [9.17, 15) is 45.2 Å². The van der Waals surface area contributed by atoms with E-state index in [2.05, 4.69) is 35.0 Å². The fourth-order valence-electron chi connectivity index (χ4n) is 5.96. The molecule has 0 bridgehead atoms. The van der Waals surface area contributed by atoms with E-state index in [1.54, 1.807) is 44.5 Å². The smallest absolute Gasteiger partial charge is 0.389 e. The first kappa shape index (κ1) is 53.6. The molecule has 3 aromatic heterocycles. The van der Waals surface area contributed by atoms with Gasteiger partial charge in [0.15, 0.2) is 6.61 Å². The number of amides is 2. The molecule has 69 heavy (non-hydrogen) atoms. The Balaban J connectivity index is 0.000000200. The number of aliphatic carboxylic acids is 1. The minimum atomic E-state index is -4.45. The Bertz CT molecular complexity index is 3080. The Labute approximate surface area is 407 Å². The molecule has 7 rings (SSSR count). The highest BCUT2D eigenvalue weighted by Crippen LogP contribution is 2.34. The monoisotopic (exact) mass is 1060 g/mol. The maximum absolute atomic E-state index is 14.3. The average Bonchev–Trinajstić information content (AvgIpc) is 3.62. The number of aryl methyl sites for hydroxylation is 2. The van der Waals surface area contributed by atoms with Gasteiger partial charge in [-0.15, -0.1) is 11.8 Å². The molecule has 0 spiro atoms. The van der Waals surface area contributed by atoms with Gasteiger partial charge in [-0.3, -0.25) is 24.6 Å². The molecule has 0 atom stereocenters. The van der Waals surface area contributed by atoms with Crippen LogP contribution in [0, 0.1) is 12.7 Å². The molecule has 0 fully saturated rings. The molecule has 28 heteroatoms. The number of rotatable bonds is 13. The van der Waals surface area contributed by atoms with Crippen molar-refractivity contribution in [3.8, 4) is 11.8 Å². The zero-order valence-electron chi connectivity index (χ0n) is 36.3. The molecule has 3 aromatic carbocycles. The van der Waals surface area contributed by atoms with Crippen molar-refractivity contribution in [1.29, 1.82) is 0 Å². The second-order valence-electron chi connectivity index (χ2n) is 13.9. The lowest BCUT2D eigenvalue weighted by Gasteiger charge is -2.15. The Hall–Kier alpha value is -6.35. The number of carboxylic acids is 1. The summed E-state index contributed by atoms with van der Waals surface area (Å²) in [5.41, 5.74) is 0.577. The van der Waals surface area contributed by atoms with Gasteiger partial charge >= 0.3 is 35.0 Å². The highest BCUT2D eigenvalue weighted by Gasteiger charge is 2.29. The summed E-state index contributed by atoms with van der Waals surface area (Å²) >= 11 is 14.2. The van der Waals surface area contributed by atoms with E-state index in [1.807, 2.05) is 0 Å². The van der Waals surface area contributed by atoms with Crippen LogP contribution in [0.15, 0.2) is 86.4 Å². The average molecular weight is 1060 g/mol. The summed E-state index contributed by atoms with van der Waals surface area (Å²) in [6.07, 6.45) is -2.70. The van der Waals surface area contributed by atoms with Gasteiger partial charge < -0.3 is 19.3 Å². The van der Waals surface area contributed by atoms with Crippen LogP contribution in [0.3, 0.4) is 0 Å². The zero-order chi connectivity index (χ0) is 50.5. The first-order chi connectivity index (χ1) is 32.7. The van der Waals surface area contributed by atoms with Crippen LogP contribution in [0.2, 0.25) is 10.0 Å². The van der Waals surface area contributed by atoms with Crippen molar-refractivity contribution in [3.05, 3.63) is 109 Å². The zero-order valence-corrected chi connectivity index (χ0v) is 40.2. The summed E-state index contributed by atoms with van der Waals surface area (Å²) < 4.78 is 96.1. The normalized spacial score (nSPS) is 12.4. The van der Waals surface area contributed by atoms with E-state index in [4.69, 9.17) is 37.8 Å². The van der Waals surface area contributed by atoms with Gasteiger partial charge in [0.2, 0.25) is 10.7 Å². The van der Waals surface area contributed by atoms with Crippen molar-refractivity contribution in [2.45, 2.75) is 61.7 Å². The molecule has 1 aliphatic rings. The number of anilines is 1. The largest absolute Gasteiger partial charge is 0.480 e. The van der Waals surface area contributed by atoms with Gasteiger partial charge in [0, 0.05) is 36.0 Å². The molecule has 19 nitrogen and oxygen atoms in total. The number of hydrogen-bond acceptors (Lipinski definition) is 16. The maximum Gasteiger partial charge on any atom is 0.389 e. The Kier molecular flexibility index (Phi) is 18.9. The van der Waals surface area contributed by atoms with Crippen LogP contribution in [0.1, 0.15) is 30.7 Å². The number of benzene rings is 3. The van der Waals surface area contributed by atoms with Gasteiger partial charge in [0.1, 0.15) is 28.6 Å². The molecule has 6 aromatic rings. The van der Waals surface area contributed by atoms with Crippen LogP contribution >= 0.6 is 46.3 Å². The summed E-state index contributed by atoms with van der Waals surface area (Å²) in [5, 5.41) is 12.1. The quantitative estimate of drug-likeness (QED) is 0.0582.